The molecule has 4 aromatic rings. The summed E-state index contributed by atoms with van der Waals surface area (Å²) in [6, 6.07) is 14.4. The Morgan fingerprint density at radius 2 is 1.77 bits per heavy atom. The molecule has 194 valence electrons. The van der Waals surface area contributed by atoms with Gasteiger partial charge < -0.3 is 10.4 Å². The molecule has 7 rings (SSSR count). The Morgan fingerprint density at radius 1 is 1.00 bits per heavy atom. The molecule has 2 aromatic carbocycles. The van der Waals surface area contributed by atoms with E-state index in [1.54, 1.807) is 35.2 Å². The van der Waals surface area contributed by atoms with Crippen molar-refractivity contribution in [2.75, 3.05) is 4.90 Å². The summed E-state index contributed by atoms with van der Waals surface area (Å²) in [5.74, 6) is -1.79. The van der Waals surface area contributed by atoms with E-state index in [1.165, 1.54) is 11.1 Å². The predicted octanol–water partition coefficient (Wildman–Crippen LogP) is 4.58. The number of fused-ring (bicyclic) bond motifs is 4. The second-order valence-electron chi connectivity index (χ2n) is 10.0. The second-order valence-corrected chi connectivity index (χ2v) is 10.9. The zero-order valence-electron chi connectivity index (χ0n) is 20.2. The van der Waals surface area contributed by atoms with Gasteiger partial charge in [-0.15, -0.1) is 0 Å². The van der Waals surface area contributed by atoms with Crippen LogP contribution in [0.3, 0.4) is 0 Å². The highest BCUT2D eigenvalue weighted by Gasteiger charge is 2.61. The van der Waals surface area contributed by atoms with Gasteiger partial charge in [-0.3, -0.25) is 19.1 Å². The number of carbonyl (C=O) groups excluding carboxylic acids is 2. The molecule has 3 heterocycles. The minimum atomic E-state index is -1.30. The highest BCUT2D eigenvalue weighted by molar-refractivity contribution is 6.35. The number of aliphatic carboxylic acids is 1. The molecule has 0 bridgehead atoms. The highest BCUT2D eigenvalue weighted by atomic mass is 35.5. The number of benzene rings is 2. The monoisotopic (exact) mass is 559 g/mol. The van der Waals surface area contributed by atoms with Gasteiger partial charge in [0.05, 0.1) is 11.9 Å². The highest BCUT2D eigenvalue weighted by Crippen LogP contribution is 2.53. The third-order valence-corrected chi connectivity index (χ3v) is 8.17. The van der Waals surface area contributed by atoms with Crippen molar-refractivity contribution in [1.82, 2.24) is 19.9 Å². The van der Waals surface area contributed by atoms with Crippen molar-refractivity contribution in [2.24, 2.45) is 0 Å². The topological polar surface area (TPSA) is 117 Å². The number of hydrogen-bond donors (Lipinski definition) is 2. The molecule has 0 radical (unpaired) electrons. The molecule has 1 saturated carbocycles. The van der Waals surface area contributed by atoms with Crippen molar-refractivity contribution in [3.05, 3.63) is 94.0 Å². The smallest absolute Gasteiger partial charge is 0.329 e. The number of imidazole rings is 1. The predicted molar refractivity (Wildman–Crippen MR) is 143 cm³/mol. The summed E-state index contributed by atoms with van der Waals surface area (Å²) in [7, 11) is 0. The number of nitrogens with one attached hydrogen (secondary N) is 1. The molecule has 11 heteroatoms. The standard InChI is InChI=1S/C28H19Cl2N5O4/c29-18-9-19(30)11-20(10-18)34-24(37)28(12-16-4-3-15(8-21(16)28)17-2-1-7-31-13-17)35-22(14-32-26(34)35)23(36)33-27(5-6-27)25(38)39/h1-4,7-11,13-14H,5-6,12H2,(H,33,36)(H,38,39)/t28-/m0/s1. The molecule has 2 N–H and O–H groups in total. The van der Waals surface area contributed by atoms with E-state index in [2.05, 4.69) is 15.3 Å². The van der Waals surface area contributed by atoms with Crippen molar-refractivity contribution >= 4 is 52.6 Å². The maximum atomic E-state index is 14.4. The Kier molecular flexibility index (Phi) is 4.99. The quantitative estimate of drug-likeness (QED) is 0.369. The molecule has 0 saturated heterocycles. The first kappa shape index (κ1) is 23.9. The molecule has 2 aromatic heterocycles. The fourth-order valence-corrected chi connectivity index (χ4v) is 6.11. The zero-order valence-corrected chi connectivity index (χ0v) is 21.7. The fourth-order valence-electron chi connectivity index (χ4n) is 5.59. The normalized spacial score (nSPS) is 19.8. The summed E-state index contributed by atoms with van der Waals surface area (Å²) in [5.41, 5.74) is 1.38. The third-order valence-electron chi connectivity index (χ3n) is 7.73. The minimum absolute atomic E-state index is 0.0962. The summed E-state index contributed by atoms with van der Waals surface area (Å²) >= 11 is 12.6. The number of carboxylic acid groups (broad SMARTS) is 1. The second kappa shape index (κ2) is 8.14. The maximum Gasteiger partial charge on any atom is 0.329 e. The maximum absolute atomic E-state index is 14.4. The van der Waals surface area contributed by atoms with Crippen molar-refractivity contribution in [2.45, 2.75) is 30.3 Å². The van der Waals surface area contributed by atoms with E-state index < -0.39 is 23.0 Å². The van der Waals surface area contributed by atoms with Crippen LogP contribution in [0.2, 0.25) is 10.0 Å². The summed E-state index contributed by atoms with van der Waals surface area (Å²) in [4.78, 5) is 49.8. The molecular formula is C28H19Cl2N5O4. The number of carbonyl (C=O) groups is 3. The van der Waals surface area contributed by atoms with Crippen LogP contribution in [0, 0.1) is 0 Å². The van der Waals surface area contributed by atoms with Crippen LogP contribution in [-0.2, 0) is 21.5 Å². The van der Waals surface area contributed by atoms with Gasteiger partial charge in [0, 0.05) is 28.9 Å². The molecule has 3 aliphatic rings. The van der Waals surface area contributed by atoms with E-state index in [4.69, 9.17) is 23.2 Å². The minimum Gasteiger partial charge on any atom is -0.480 e. The molecule has 1 fully saturated rings. The van der Waals surface area contributed by atoms with Gasteiger partial charge in [0.15, 0.2) is 5.54 Å². The molecular weight excluding hydrogens is 541 g/mol. The number of aromatic nitrogens is 3. The average molecular weight is 560 g/mol. The first-order valence-electron chi connectivity index (χ1n) is 12.2. The van der Waals surface area contributed by atoms with Crippen LogP contribution in [0.25, 0.3) is 11.1 Å². The Bertz CT molecular complexity index is 1710. The number of anilines is 2. The molecule has 9 nitrogen and oxygen atoms in total. The van der Waals surface area contributed by atoms with Gasteiger partial charge in [-0.1, -0.05) is 41.4 Å². The van der Waals surface area contributed by atoms with Gasteiger partial charge in [0.1, 0.15) is 11.2 Å². The Morgan fingerprint density at radius 3 is 2.44 bits per heavy atom. The number of hydrogen-bond acceptors (Lipinski definition) is 5. The number of carboxylic acids is 1. The van der Waals surface area contributed by atoms with Gasteiger partial charge in [0.25, 0.3) is 11.8 Å². The van der Waals surface area contributed by atoms with Gasteiger partial charge in [-0.05, 0) is 65.4 Å². The van der Waals surface area contributed by atoms with Crippen LogP contribution in [0.15, 0.2) is 67.1 Å². The van der Waals surface area contributed by atoms with Crippen LogP contribution in [-0.4, -0.2) is 43.0 Å². The fraction of sp³-hybridized carbons (Fsp3) is 0.179. The van der Waals surface area contributed by atoms with E-state index >= 15 is 0 Å². The van der Waals surface area contributed by atoms with E-state index in [9.17, 15) is 19.5 Å². The van der Waals surface area contributed by atoms with Crippen molar-refractivity contribution in [1.29, 1.82) is 0 Å². The number of amides is 2. The van der Waals surface area contributed by atoms with Crippen LogP contribution < -0.4 is 10.2 Å². The average Bonchev–Trinajstić information content (AvgIpc) is 3.48. The molecule has 1 spiro atoms. The van der Waals surface area contributed by atoms with Crippen LogP contribution in [0.1, 0.15) is 34.5 Å². The van der Waals surface area contributed by atoms with Gasteiger partial charge in [-0.25, -0.2) is 14.7 Å². The van der Waals surface area contributed by atoms with Crippen LogP contribution >= 0.6 is 23.2 Å². The summed E-state index contributed by atoms with van der Waals surface area (Å²) in [6.45, 7) is 0. The lowest BCUT2D eigenvalue weighted by Gasteiger charge is -2.41. The van der Waals surface area contributed by atoms with Gasteiger partial charge >= 0.3 is 5.97 Å². The lowest BCUT2D eigenvalue weighted by Crippen LogP contribution is -2.53. The Balaban J connectivity index is 1.41. The molecule has 0 unspecified atom stereocenters. The Hall–Kier alpha value is -4.21. The van der Waals surface area contributed by atoms with Gasteiger partial charge in [-0.2, -0.15) is 0 Å². The number of rotatable bonds is 5. The molecule has 1 atom stereocenters. The van der Waals surface area contributed by atoms with E-state index in [0.717, 1.165) is 22.3 Å². The SMILES string of the molecule is O=C(NC1(C(=O)O)CC1)c1cnc2n1[C@]1(Cc3ccc(-c4cccnc4)cc31)C(=O)N2c1cc(Cl)cc(Cl)c1. The summed E-state index contributed by atoms with van der Waals surface area (Å²) in [5, 5.41) is 13.0. The molecule has 39 heavy (non-hydrogen) atoms. The first-order valence-corrected chi connectivity index (χ1v) is 13.0. The largest absolute Gasteiger partial charge is 0.480 e. The van der Waals surface area contributed by atoms with Crippen LogP contribution in [0.5, 0.6) is 0 Å². The van der Waals surface area contributed by atoms with E-state index in [1.807, 2.05) is 30.3 Å². The zero-order chi connectivity index (χ0) is 27.1. The Labute approximate surface area is 232 Å². The number of halogens is 2. The molecule has 1 aliphatic heterocycles. The summed E-state index contributed by atoms with van der Waals surface area (Å²) in [6.07, 6.45) is 5.80. The van der Waals surface area contributed by atoms with Crippen molar-refractivity contribution in [3.8, 4) is 11.1 Å². The number of nitrogens with zero attached hydrogens (tertiary/aromatic N) is 4. The van der Waals surface area contributed by atoms with Crippen LogP contribution in [0.4, 0.5) is 11.6 Å². The summed E-state index contributed by atoms with van der Waals surface area (Å²) < 4.78 is 1.62. The van der Waals surface area contributed by atoms with Crippen molar-refractivity contribution in [3.63, 3.8) is 0 Å². The molecule has 2 amide bonds. The third kappa shape index (κ3) is 3.36. The van der Waals surface area contributed by atoms with E-state index in [0.29, 0.717) is 35.0 Å². The number of pyridine rings is 1. The van der Waals surface area contributed by atoms with E-state index in [-0.39, 0.29) is 17.5 Å². The lowest BCUT2D eigenvalue weighted by atomic mass is 9.69. The van der Waals surface area contributed by atoms with Gasteiger partial charge in [0.2, 0.25) is 5.95 Å². The first-order chi connectivity index (χ1) is 18.7. The molecule has 2 aliphatic carbocycles. The van der Waals surface area contributed by atoms with Crippen molar-refractivity contribution < 1.29 is 19.5 Å². The lowest BCUT2D eigenvalue weighted by molar-refractivity contribution is -0.140.